The van der Waals surface area contributed by atoms with E-state index >= 15 is 0 Å². The fourth-order valence-electron chi connectivity index (χ4n) is 3.59. The summed E-state index contributed by atoms with van der Waals surface area (Å²) in [5.41, 5.74) is 0. The molecule has 2 amide bonds. The highest BCUT2D eigenvalue weighted by atomic mass is 32.2. The van der Waals surface area contributed by atoms with Crippen molar-refractivity contribution < 1.29 is 18.0 Å². The number of fused-ring (bicyclic) bond motifs is 1. The van der Waals surface area contributed by atoms with E-state index in [1.807, 2.05) is 29.2 Å². The summed E-state index contributed by atoms with van der Waals surface area (Å²) < 4.78 is 27.1. The van der Waals surface area contributed by atoms with E-state index in [0.29, 0.717) is 26.2 Å². The first-order valence-corrected chi connectivity index (χ1v) is 11.8. The summed E-state index contributed by atoms with van der Waals surface area (Å²) in [7, 11) is 1.10. The lowest BCUT2D eigenvalue weighted by Gasteiger charge is -2.25. The molecule has 1 saturated heterocycles. The zero-order chi connectivity index (χ0) is 22.6. The summed E-state index contributed by atoms with van der Waals surface area (Å²) in [5, 5.41) is 1.80. The van der Waals surface area contributed by atoms with Gasteiger partial charge in [0.05, 0.1) is 18.0 Å². The SMILES string of the molecule is CN(C)C(=O)CN1CCCN(C(=O)CN(C)S(=O)(=O)c2ccc3ccccc3c2)CC1. The zero-order valence-electron chi connectivity index (χ0n) is 18.3. The lowest BCUT2D eigenvalue weighted by Crippen LogP contribution is -2.43. The van der Waals surface area contributed by atoms with Crippen LogP contribution in [0.15, 0.2) is 47.4 Å². The molecular formula is C22H30N4O4S. The van der Waals surface area contributed by atoms with Crippen LogP contribution in [-0.4, -0.2) is 99.6 Å². The molecule has 1 heterocycles. The van der Waals surface area contributed by atoms with Gasteiger partial charge in [0.15, 0.2) is 0 Å². The van der Waals surface area contributed by atoms with Crippen molar-refractivity contribution in [3.63, 3.8) is 0 Å². The Kier molecular flexibility index (Phi) is 7.30. The number of benzene rings is 2. The maximum absolute atomic E-state index is 13.0. The van der Waals surface area contributed by atoms with E-state index in [-0.39, 0.29) is 23.3 Å². The topological polar surface area (TPSA) is 81.2 Å². The minimum atomic E-state index is -3.78. The average molecular weight is 447 g/mol. The van der Waals surface area contributed by atoms with Crippen LogP contribution in [0.1, 0.15) is 6.42 Å². The van der Waals surface area contributed by atoms with Crippen LogP contribution in [0.5, 0.6) is 0 Å². The molecule has 2 aromatic carbocycles. The van der Waals surface area contributed by atoms with Crippen molar-refractivity contribution in [2.75, 3.05) is 60.4 Å². The summed E-state index contributed by atoms with van der Waals surface area (Å²) in [6, 6.07) is 12.5. The summed E-state index contributed by atoms with van der Waals surface area (Å²) in [4.78, 5) is 30.2. The average Bonchev–Trinajstić information content (AvgIpc) is 2.98. The van der Waals surface area contributed by atoms with Crippen LogP contribution in [0.25, 0.3) is 10.8 Å². The number of amides is 2. The lowest BCUT2D eigenvalue weighted by atomic mass is 10.1. The molecule has 0 spiro atoms. The van der Waals surface area contributed by atoms with Gasteiger partial charge in [0.25, 0.3) is 0 Å². The van der Waals surface area contributed by atoms with Gasteiger partial charge in [-0.25, -0.2) is 8.42 Å². The summed E-state index contributed by atoms with van der Waals surface area (Å²) >= 11 is 0. The van der Waals surface area contributed by atoms with Crippen molar-refractivity contribution in [3.05, 3.63) is 42.5 Å². The van der Waals surface area contributed by atoms with Crippen LogP contribution in [0.3, 0.4) is 0 Å². The van der Waals surface area contributed by atoms with Gasteiger partial charge in [0.1, 0.15) is 0 Å². The van der Waals surface area contributed by atoms with Crippen LogP contribution in [-0.2, 0) is 19.6 Å². The van der Waals surface area contributed by atoms with Gasteiger partial charge < -0.3 is 9.80 Å². The fraction of sp³-hybridized carbons (Fsp3) is 0.455. The molecule has 31 heavy (non-hydrogen) atoms. The van der Waals surface area contributed by atoms with E-state index in [9.17, 15) is 18.0 Å². The predicted octanol–water partition coefficient (Wildman–Crippen LogP) is 1.08. The zero-order valence-corrected chi connectivity index (χ0v) is 19.1. The first-order valence-electron chi connectivity index (χ1n) is 10.3. The van der Waals surface area contributed by atoms with Gasteiger partial charge in [-0.2, -0.15) is 4.31 Å². The lowest BCUT2D eigenvalue weighted by molar-refractivity contribution is -0.131. The smallest absolute Gasteiger partial charge is 0.243 e. The Balaban J connectivity index is 1.63. The largest absolute Gasteiger partial charge is 0.348 e. The van der Waals surface area contributed by atoms with Gasteiger partial charge in [-0.1, -0.05) is 30.3 Å². The molecular weight excluding hydrogens is 416 g/mol. The van der Waals surface area contributed by atoms with Crippen molar-refractivity contribution in [2.45, 2.75) is 11.3 Å². The highest BCUT2D eigenvalue weighted by Gasteiger charge is 2.27. The van der Waals surface area contributed by atoms with E-state index in [1.54, 1.807) is 42.1 Å². The van der Waals surface area contributed by atoms with Gasteiger partial charge in [0, 0.05) is 47.3 Å². The van der Waals surface area contributed by atoms with Crippen LogP contribution < -0.4 is 0 Å². The molecule has 0 aromatic heterocycles. The molecule has 0 N–H and O–H groups in total. The summed E-state index contributed by atoms with van der Waals surface area (Å²) in [5.74, 6) is -0.200. The third-order valence-electron chi connectivity index (χ3n) is 5.59. The Hall–Kier alpha value is -2.49. The van der Waals surface area contributed by atoms with Crippen LogP contribution in [0.2, 0.25) is 0 Å². The predicted molar refractivity (Wildman–Crippen MR) is 120 cm³/mol. The standard InChI is InChI=1S/C22H30N4O4S/c1-23(2)21(27)17-25-11-6-12-26(14-13-25)22(28)16-24(3)31(29,30)20-10-9-18-7-4-5-8-19(18)15-20/h4-5,7-10,15H,6,11-14,16-17H2,1-3H3. The minimum absolute atomic E-state index is 0.0287. The molecule has 0 saturated carbocycles. The Morgan fingerprint density at radius 1 is 0.935 bits per heavy atom. The monoisotopic (exact) mass is 446 g/mol. The molecule has 0 unspecified atom stereocenters. The maximum Gasteiger partial charge on any atom is 0.243 e. The van der Waals surface area contributed by atoms with Crippen molar-refractivity contribution >= 4 is 32.6 Å². The Morgan fingerprint density at radius 3 is 2.35 bits per heavy atom. The molecule has 0 aliphatic carbocycles. The number of likely N-dealkylation sites (N-methyl/N-ethyl adjacent to an activating group) is 2. The number of hydrogen-bond acceptors (Lipinski definition) is 5. The second-order valence-electron chi connectivity index (χ2n) is 8.07. The molecule has 0 bridgehead atoms. The van der Waals surface area contributed by atoms with Crippen molar-refractivity contribution in [2.24, 2.45) is 0 Å². The Morgan fingerprint density at radius 2 is 1.65 bits per heavy atom. The number of rotatable bonds is 6. The highest BCUT2D eigenvalue weighted by Crippen LogP contribution is 2.21. The maximum atomic E-state index is 13.0. The molecule has 1 fully saturated rings. The number of sulfonamides is 1. The molecule has 9 heteroatoms. The Bertz CT molecular complexity index is 1050. The second kappa shape index (κ2) is 9.76. The van der Waals surface area contributed by atoms with E-state index in [1.165, 1.54) is 7.05 Å². The highest BCUT2D eigenvalue weighted by molar-refractivity contribution is 7.89. The third-order valence-corrected chi connectivity index (χ3v) is 7.39. The molecule has 1 aliphatic rings. The second-order valence-corrected chi connectivity index (χ2v) is 10.1. The molecule has 168 valence electrons. The molecule has 0 atom stereocenters. The van der Waals surface area contributed by atoms with Crippen LogP contribution in [0, 0.1) is 0 Å². The quantitative estimate of drug-likeness (QED) is 0.663. The Labute approximate surface area is 184 Å². The number of carbonyl (C=O) groups is 2. The normalized spacial score (nSPS) is 15.8. The first kappa shape index (κ1) is 23.2. The summed E-state index contributed by atoms with van der Waals surface area (Å²) in [6.07, 6.45) is 0.744. The van der Waals surface area contributed by atoms with Crippen molar-refractivity contribution in [1.82, 2.24) is 19.0 Å². The number of hydrogen-bond donors (Lipinski definition) is 0. The molecule has 8 nitrogen and oxygen atoms in total. The van der Waals surface area contributed by atoms with E-state index in [2.05, 4.69) is 0 Å². The van der Waals surface area contributed by atoms with E-state index in [0.717, 1.165) is 28.0 Å². The minimum Gasteiger partial charge on any atom is -0.348 e. The van der Waals surface area contributed by atoms with E-state index < -0.39 is 10.0 Å². The van der Waals surface area contributed by atoms with Gasteiger partial charge in [-0.15, -0.1) is 0 Å². The fourth-order valence-corrected chi connectivity index (χ4v) is 4.75. The van der Waals surface area contributed by atoms with Crippen molar-refractivity contribution in [1.29, 1.82) is 0 Å². The molecule has 2 aromatic rings. The molecule has 0 radical (unpaired) electrons. The van der Waals surface area contributed by atoms with Gasteiger partial charge in [0.2, 0.25) is 21.8 Å². The molecule has 3 rings (SSSR count). The molecule has 1 aliphatic heterocycles. The van der Waals surface area contributed by atoms with Gasteiger partial charge in [-0.3, -0.25) is 14.5 Å². The van der Waals surface area contributed by atoms with Crippen LogP contribution in [0.4, 0.5) is 0 Å². The van der Waals surface area contributed by atoms with Gasteiger partial charge >= 0.3 is 0 Å². The van der Waals surface area contributed by atoms with Gasteiger partial charge in [-0.05, 0) is 29.3 Å². The number of carbonyl (C=O) groups excluding carboxylic acids is 2. The third kappa shape index (κ3) is 5.61. The van der Waals surface area contributed by atoms with Crippen LogP contribution >= 0.6 is 0 Å². The van der Waals surface area contributed by atoms with Crippen molar-refractivity contribution in [3.8, 4) is 0 Å². The van der Waals surface area contributed by atoms with E-state index in [4.69, 9.17) is 0 Å². The summed E-state index contributed by atoms with van der Waals surface area (Å²) in [6.45, 7) is 2.46. The first-order chi connectivity index (χ1) is 14.7. The number of nitrogens with zero attached hydrogens (tertiary/aromatic N) is 4.